The maximum Gasteiger partial charge on any atom is 0.217 e. The quantitative estimate of drug-likeness (QED) is 0.799. The summed E-state index contributed by atoms with van der Waals surface area (Å²) in [5, 5.41) is 0. The molecule has 80 valence electrons. The Hall–Kier alpha value is -1.31. The van der Waals surface area contributed by atoms with Crippen LogP contribution < -0.4 is 5.73 Å². The van der Waals surface area contributed by atoms with Gasteiger partial charge in [-0.25, -0.2) is 0 Å². The minimum atomic E-state index is -0.175. The lowest BCUT2D eigenvalue weighted by atomic mass is 9.99. The van der Waals surface area contributed by atoms with Crippen molar-refractivity contribution in [3.63, 3.8) is 0 Å². The highest BCUT2D eigenvalue weighted by atomic mass is 16.1. The molecular formula is C13H17NO. The lowest BCUT2D eigenvalue weighted by molar-refractivity contribution is -0.118. The van der Waals surface area contributed by atoms with E-state index in [1.54, 1.807) is 0 Å². The molecule has 2 heteroatoms. The van der Waals surface area contributed by atoms with E-state index in [-0.39, 0.29) is 5.91 Å². The van der Waals surface area contributed by atoms with Crippen LogP contribution in [0.15, 0.2) is 24.3 Å². The highest BCUT2D eigenvalue weighted by Gasteiger charge is 2.20. The van der Waals surface area contributed by atoms with Gasteiger partial charge in [-0.2, -0.15) is 0 Å². The van der Waals surface area contributed by atoms with Crippen LogP contribution in [0.25, 0.3) is 0 Å². The number of benzene rings is 1. The van der Waals surface area contributed by atoms with Gasteiger partial charge >= 0.3 is 0 Å². The first-order valence-corrected chi connectivity index (χ1v) is 5.61. The summed E-state index contributed by atoms with van der Waals surface area (Å²) in [7, 11) is 0. The molecule has 0 saturated heterocycles. The van der Waals surface area contributed by atoms with E-state index in [4.69, 9.17) is 5.73 Å². The first-order valence-electron chi connectivity index (χ1n) is 5.61. The molecule has 0 heterocycles. The van der Waals surface area contributed by atoms with E-state index in [2.05, 4.69) is 24.3 Å². The summed E-state index contributed by atoms with van der Waals surface area (Å²) in [6, 6.07) is 8.63. The molecular weight excluding hydrogens is 186 g/mol. The van der Waals surface area contributed by atoms with Crippen molar-refractivity contribution >= 4 is 5.91 Å². The molecule has 0 fully saturated rings. The normalized spacial score (nSPS) is 15.2. The molecule has 2 nitrogen and oxygen atoms in total. The topological polar surface area (TPSA) is 43.1 Å². The lowest BCUT2D eigenvalue weighted by Crippen LogP contribution is -2.11. The Balaban J connectivity index is 1.83. The molecule has 1 aromatic carbocycles. The minimum absolute atomic E-state index is 0.175. The largest absolute Gasteiger partial charge is 0.370 e. The molecule has 2 N–H and O–H groups in total. The van der Waals surface area contributed by atoms with Gasteiger partial charge in [0.25, 0.3) is 0 Å². The van der Waals surface area contributed by atoms with Crippen LogP contribution in [0.1, 0.15) is 30.4 Å². The number of hydrogen-bond donors (Lipinski definition) is 1. The average Bonchev–Trinajstić information content (AvgIpc) is 2.59. The Bertz CT molecular complexity index is 334. The summed E-state index contributed by atoms with van der Waals surface area (Å²) in [6.07, 6.45) is 4.95. The first kappa shape index (κ1) is 10.2. The van der Waals surface area contributed by atoms with Crippen molar-refractivity contribution in [2.24, 2.45) is 11.7 Å². The molecule has 2 rings (SSSR count). The van der Waals surface area contributed by atoms with Crippen LogP contribution in [0.2, 0.25) is 0 Å². The minimum Gasteiger partial charge on any atom is -0.370 e. The summed E-state index contributed by atoms with van der Waals surface area (Å²) >= 11 is 0. The van der Waals surface area contributed by atoms with Crippen molar-refractivity contribution in [2.75, 3.05) is 0 Å². The van der Waals surface area contributed by atoms with Gasteiger partial charge in [0.2, 0.25) is 5.91 Å². The second-order valence-corrected chi connectivity index (χ2v) is 4.40. The molecule has 15 heavy (non-hydrogen) atoms. The van der Waals surface area contributed by atoms with Crippen LogP contribution >= 0.6 is 0 Å². The smallest absolute Gasteiger partial charge is 0.217 e. The van der Waals surface area contributed by atoms with Gasteiger partial charge in [-0.05, 0) is 42.7 Å². The van der Waals surface area contributed by atoms with Gasteiger partial charge in [-0.15, -0.1) is 0 Å². The third-order valence-corrected chi connectivity index (χ3v) is 3.17. The van der Waals surface area contributed by atoms with Crippen LogP contribution in [0.4, 0.5) is 0 Å². The predicted molar refractivity (Wildman–Crippen MR) is 60.4 cm³/mol. The Labute approximate surface area is 90.5 Å². The Morgan fingerprint density at radius 2 is 1.87 bits per heavy atom. The van der Waals surface area contributed by atoms with Gasteiger partial charge in [0, 0.05) is 6.42 Å². The fourth-order valence-corrected chi connectivity index (χ4v) is 2.42. The van der Waals surface area contributed by atoms with Crippen LogP contribution in [0, 0.1) is 5.92 Å². The average molecular weight is 203 g/mol. The molecule has 0 unspecified atom stereocenters. The number of primary amides is 1. The molecule has 1 aromatic rings. The molecule has 0 atom stereocenters. The summed E-state index contributed by atoms with van der Waals surface area (Å²) < 4.78 is 0. The molecule has 0 radical (unpaired) electrons. The van der Waals surface area contributed by atoms with Crippen LogP contribution in [0.5, 0.6) is 0 Å². The fraction of sp³-hybridized carbons (Fsp3) is 0.462. The zero-order valence-corrected chi connectivity index (χ0v) is 8.91. The standard InChI is InChI=1S/C13H17NO/c14-13(15)7-3-4-10-8-11-5-1-2-6-12(11)9-10/h1-2,5-6,10H,3-4,7-9H2,(H2,14,15). The Kier molecular flexibility index (Phi) is 3.05. The summed E-state index contributed by atoms with van der Waals surface area (Å²) in [5.41, 5.74) is 8.10. The highest BCUT2D eigenvalue weighted by molar-refractivity contribution is 5.73. The van der Waals surface area contributed by atoms with Crippen molar-refractivity contribution in [2.45, 2.75) is 32.1 Å². The Morgan fingerprint density at radius 1 is 1.27 bits per heavy atom. The molecule has 0 aromatic heterocycles. The van der Waals surface area contributed by atoms with Crippen molar-refractivity contribution in [3.05, 3.63) is 35.4 Å². The third-order valence-electron chi connectivity index (χ3n) is 3.17. The zero-order chi connectivity index (χ0) is 10.7. The highest BCUT2D eigenvalue weighted by Crippen LogP contribution is 2.29. The van der Waals surface area contributed by atoms with E-state index >= 15 is 0 Å². The SMILES string of the molecule is NC(=O)CCCC1Cc2ccccc2C1. The van der Waals surface area contributed by atoms with E-state index in [1.807, 2.05) is 0 Å². The van der Waals surface area contributed by atoms with Crippen LogP contribution in [-0.2, 0) is 17.6 Å². The second-order valence-electron chi connectivity index (χ2n) is 4.40. The maximum absolute atomic E-state index is 10.6. The number of amides is 1. The number of carbonyl (C=O) groups is 1. The second kappa shape index (κ2) is 4.47. The Morgan fingerprint density at radius 3 is 2.40 bits per heavy atom. The molecule has 0 bridgehead atoms. The molecule has 1 amide bonds. The van der Waals surface area contributed by atoms with Gasteiger partial charge in [0.15, 0.2) is 0 Å². The van der Waals surface area contributed by atoms with Gasteiger partial charge in [-0.3, -0.25) is 4.79 Å². The third kappa shape index (κ3) is 2.58. The van der Waals surface area contributed by atoms with Crippen LogP contribution in [-0.4, -0.2) is 5.91 Å². The summed E-state index contributed by atoms with van der Waals surface area (Å²) in [4.78, 5) is 10.6. The van der Waals surface area contributed by atoms with Crippen LogP contribution in [0.3, 0.4) is 0 Å². The van der Waals surface area contributed by atoms with Crippen molar-refractivity contribution in [3.8, 4) is 0 Å². The molecule has 0 spiro atoms. The van der Waals surface area contributed by atoms with Gasteiger partial charge in [0.1, 0.15) is 0 Å². The first-order chi connectivity index (χ1) is 7.25. The number of fused-ring (bicyclic) bond motifs is 1. The van der Waals surface area contributed by atoms with Gasteiger partial charge in [-0.1, -0.05) is 24.3 Å². The number of hydrogen-bond acceptors (Lipinski definition) is 1. The molecule has 1 aliphatic carbocycles. The maximum atomic E-state index is 10.6. The van der Waals surface area contributed by atoms with Gasteiger partial charge < -0.3 is 5.73 Å². The van der Waals surface area contributed by atoms with E-state index < -0.39 is 0 Å². The van der Waals surface area contributed by atoms with Crippen molar-refractivity contribution in [1.82, 2.24) is 0 Å². The summed E-state index contributed by atoms with van der Waals surface area (Å²) in [6.45, 7) is 0. The predicted octanol–water partition coefficient (Wildman–Crippen LogP) is 2.06. The monoisotopic (exact) mass is 203 g/mol. The molecule has 0 aliphatic heterocycles. The van der Waals surface area contributed by atoms with E-state index in [1.165, 1.54) is 24.0 Å². The fourth-order valence-electron chi connectivity index (χ4n) is 2.42. The summed E-state index contributed by atoms with van der Waals surface area (Å²) in [5.74, 6) is 0.548. The van der Waals surface area contributed by atoms with Crippen molar-refractivity contribution < 1.29 is 4.79 Å². The molecule has 1 aliphatic rings. The van der Waals surface area contributed by atoms with E-state index in [0.29, 0.717) is 6.42 Å². The number of carbonyl (C=O) groups excluding carboxylic acids is 1. The number of nitrogens with two attached hydrogens (primary N) is 1. The van der Waals surface area contributed by atoms with Gasteiger partial charge in [0.05, 0.1) is 0 Å². The van der Waals surface area contributed by atoms with E-state index in [0.717, 1.165) is 18.8 Å². The van der Waals surface area contributed by atoms with E-state index in [9.17, 15) is 4.79 Å². The number of rotatable bonds is 4. The lowest BCUT2D eigenvalue weighted by Gasteiger charge is -2.06. The zero-order valence-electron chi connectivity index (χ0n) is 8.91. The van der Waals surface area contributed by atoms with Crippen molar-refractivity contribution in [1.29, 1.82) is 0 Å². The molecule has 0 saturated carbocycles.